The zero-order valence-electron chi connectivity index (χ0n) is 20.3. The molecule has 1 aliphatic rings. The average Bonchev–Trinajstić information content (AvgIpc) is 2.97. The molecular formula is C26H35Cl2N3O3. The van der Waals surface area contributed by atoms with Gasteiger partial charge in [0.15, 0.2) is 11.5 Å². The molecule has 1 amide bonds. The lowest BCUT2D eigenvalue weighted by molar-refractivity contribution is -0.130. The van der Waals surface area contributed by atoms with E-state index < -0.39 is 0 Å². The quantitative estimate of drug-likeness (QED) is 0.439. The Bertz CT molecular complexity index is 976. The lowest BCUT2D eigenvalue weighted by Gasteiger charge is -2.25. The molecule has 2 aromatic carbocycles. The number of anilines is 1. The number of methoxy groups -OCH3 is 2. The van der Waals surface area contributed by atoms with Gasteiger partial charge in [0.1, 0.15) is 0 Å². The second-order valence-corrected chi connectivity index (χ2v) is 9.52. The lowest BCUT2D eigenvalue weighted by Crippen LogP contribution is -2.36. The molecule has 0 saturated carbocycles. The molecule has 0 bridgehead atoms. The molecule has 1 aliphatic heterocycles. The Morgan fingerprint density at radius 3 is 2.26 bits per heavy atom. The van der Waals surface area contributed by atoms with E-state index in [0.29, 0.717) is 33.7 Å². The normalized spacial score (nSPS) is 13.7. The summed E-state index contributed by atoms with van der Waals surface area (Å²) in [6.45, 7) is 6.50. The average molecular weight is 508 g/mol. The molecule has 0 unspecified atom stereocenters. The Balaban J connectivity index is 1.54. The van der Waals surface area contributed by atoms with Crippen molar-refractivity contribution < 1.29 is 14.3 Å². The minimum absolute atomic E-state index is 0.166. The molecular weight excluding hydrogens is 473 g/mol. The van der Waals surface area contributed by atoms with Crippen molar-refractivity contribution in [2.75, 3.05) is 52.7 Å². The Kier molecular flexibility index (Phi) is 9.74. The van der Waals surface area contributed by atoms with Gasteiger partial charge < -0.3 is 25.0 Å². The maximum absolute atomic E-state index is 12.9. The van der Waals surface area contributed by atoms with Crippen molar-refractivity contribution in [1.82, 2.24) is 9.80 Å². The van der Waals surface area contributed by atoms with E-state index >= 15 is 0 Å². The summed E-state index contributed by atoms with van der Waals surface area (Å²) < 4.78 is 10.9. The van der Waals surface area contributed by atoms with E-state index in [4.69, 9.17) is 38.4 Å². The van der Waals surface area contributed by atoms with Crippen LogP contribution in [0, 0.1) is 0 Å². The van der Waals surface area contributed by atoms with Gasteiger partial charge in [-0.15, -0.1) is 0 Å². The second-order valence-electron chi connectivity index (χ2n) is 8.70. The largest absolute Gasteiger partial charge is 0.493 e. The first kappa shape index (κ1) is 26.5. The van der Waals surface area contributed by atoms with Crippen LogP contribution < -0.4 is 15.2 Å². The number of hydrogen-bond acceptors (Lipinski definition) is 5. The van der Waals surface area contributed by atoms with Gasteiger partial charge in [-0.1, -0.05) is 30.1 Å². The van der Waals surface area contributed by atoms with Gasteiger partial charge in [-0.05, 0) is 79.7 Å². The highest BCUT2D eigenvalue weighted by molar-refractivity contribution is 6.38. The molecule has 0 saturated heterocycles. The molecule has 0 atom stereocenters. The van der Waals surface area contributed by atoms with Crippen LogP contribution in [0.25, 0.3) is 0 Å². The van der Waals surface area contributed by atoms with Crippen molar-refractivity contribution in [3.63, 3.8) is 0 Å². The third-order valence-corrected chi connectivity index (χ3v) is 6.97. The first-order chi connectivity index (χ1) is 16.4. The smallest absolute Gasteiger partial charge is 0.227 e. The minimum atomic E-state index is 0.166. The molecule has 0 aromatic heterocycles. The molecule has 1 heterocycles. The van der Waals surface area contributed by atoms with Crippen LogP contribution in [0.2, 0.25) is 10.0 Å². The number of halogens is 2. The van der Waals surface area contributed by atoms with Crippen molar-refractivity contribution >= 4 is 34.8 Å². The number of carbonyl (C=O) groups is 1. The van der Waals surface area contributed by atoms with Crippen LogP contribution in [-0.4, -0.2) is 62.7 Å². The first-order valence-electron chi connectivity index (χ1n) is 11.8. The summed E-state index contributed by atoms with van der Waals surface area (Å²) in [5.41, 5.74) is 9.54. The summed E-state index contributed by atoms with van der Waals surface area (Å²) in [5, 5.41) is 1.00. The molecule has 3 rings (SSSR count). The zero-order chi connectivity index (χ0) is 24.7. The van der Waals surface area contributed by atoms with Crippen LogP contribution in [-0.2, 0) is 24.1 Å². The monoisotopic (exact) mass is 507 g/mol. The van der Waals surface area contributed by atoms with Gasteiger partial charge >= 0.3 is 0 Å². The standard InChI is InChI=1S/C26H35Cl2N3O3/c1-4-8-30(11-6-18-13-21(27)26(29)22(28)14-18)9-5-10-31-12-7-19-15-23(33-2)24(34-3)16-20(19)17-25(31)32/h13-16H,4-12,17,29H2,1-3H3. The van der Waals surface area contributed by atoms with Gasteiger partial charge in [0.2, 0.25) is 5.91 Å². The fourth-order valence-electron chi connectivity index (χ4n) is 4.46. The summed E-state index contributed by atoms with van der Waals surface area (Å²) in [4.78, 5) is 17.4. The van der Waals surface area contributed by atoms with Crippen LogP contribution >= 0.6 is 23.2 Å². The molecule has 2 aromatic rings. The fraction of sp³-hybridized carbons (Fsp3) is 0.500. The molecule has 0 aliphatic carbocycles. The number of rotatable bonds is 11. The number of ether oxygens (including phenoxy) is 2. The van der Waals surface area contributed by atoms with Crippen molar-refractivity contribution in [2.24, 2.45) is 0 Å². The Morgan fingerprint density at radius 1 is 1.00 bits per heavy atom. The number of carbonyl (C=O) groups excluding carboxylic acids is 1. The van der Waals surface area contributed by atoms with Crippen molar-refractivity contribution in [2.45, 2.75) is 39.0 Å². The van der Waals surface area contributed by atoms with E-state index in [-0.39, 0.29) is 5.91 Å². The number of fused-ring (bicyclic) bond motifs is 1. The Hall–Kier alpha value is -2.15. The molecule has 0 radical (unpaired) electrons. The number of nitrogens with two attached hydrogens (primary N) is 1. The van der Waals surface area contributed by atoms with Crippen molar-refractivity contribution in [1.29, 1.82) is 0 Å². The Labute approximate surface area is 212 Å². The zero-order valence-corrected chi connectivity index (χ0v) is 21.8. The predicted octanol–water partition coefficient (Wildman–Crippen LogP) is 4.86. The van der Waals surface area contributed by atoms with Gasteiger partial charge in [-0.3, -0.25) is 4.79 Å². The fourth-order valence-corrected chi connectivity index (χ4v) is 4.99. The molecule has 186 valence electrons. The van der Waals surface area contributed by atoms with Crippen LogP contribution in [0.5, 0.6) is 11.5 Å². The van der Waals surface area contributed by atoms with E-state index in [1.54, 1.807) is 14.2 Å². The van der Waals surface area contributed by atoms with Gasteiger partial charge in [-0.2, -0.15) is 0 Å². The molecule has 6 nitrogen and oxygen atoms in total. The SMILES string of the molecule is CCCN(CCCN1CCc2cc(OC)c(OC)cc2CC1=O)CCc1cc(Cl)c(N)c(Cl)c1. The first-order valence-corrected chi connectivity index (χ1v) is 12.6. The lowest BCUT2D eigenvalue weighted by atomic mass is 10.0. The molecule has 8 heteroatoms. The predicted molar refractivity (Wildman–Crippen MR) is 139 cm³/mol. The van der Waals surface area contributed by atoms with Gasteiger partial charge in [0, 0.05) is 19.6 Å². The molecule has 0 fully saturated rings. The third kappa shape index (κ3) is 6.71. The highest BCUT2D eigenvalue weighted by Gasteiger charge is 2.22. The van der Waals surface area contributed by atoms with E-state index in [2.05, 4.69) is 11.8 Å². The molecule has 2 N–H and O–H groups in total. The summed E-state index contributed by atoms with van der Waals surface area (Å²) in [6, 6.07) is 7.73. The van der Waals surface area contributed by atoms with E-state index in [1.165, 1.54) is 0 Å². The van der Waals surface area contributed by atoms with Gasteiger partial charge in [-0.25, -0.2) is 0 Å². The summed E-state index contributed by atoms with van der Waals surface area (Å²) in [6.07, 6.45) is 4.07. The third-order valence-electron chi connectivity index (χ3n) is 6.35. The number of hydrogen-bond donors (Lipinski definition) is 1. The van der Waals surface area contributed by atoms with E-state index in [0.717, 1.165) is 75.1 Å². The van der Waals surface area contributed by atoms with Crippen LogP contribution in [0.3, 0.4) is 0 Å². The van der Waals surface area contributed by atoms with Gasteiger partial charge in [0.05, 0.1) is 36.4 Å². The van der Waals surface area contributed by atoms with E-state index in [1.807, 2.05) is 29.2 Å². The highest BCUT2D eigenvalue weighted by atomic mass is 35.5. The maximum Gasteiger partial charge on any atom is 0.227 e. The van der Waals surface area contributed by atoms with Gasteiger partial charge in [0.25, 0.3) is 0 Å². The van der Waals surface area contributed by atoms with Crippen LogP contribution in [0.4, 0.5) is 5.69 Å². The maximum atomic E-state index is 12.9. The number of amides is 1. The second kappa shape index (κ2) is 12.5. The number of nitrogens with zero attached hydrogens (tertiary/aromatic N) is 2. The van der Waals surface area contributed by atoms with E-state index in [9.17, 15) is 4.79 Å². The number of nitrogen functional groups attached to an aromatic ring is 1. The topological polar surface area (TPSA) is 68.0 Å². The summed E-state index contributed by atoms with van der Waals surface area (Å²) in [7, 11) is 3.25. The highest BCUT2D eigenvalue weighted by Crippen LogP contribution is 2.32. The molecule has 0 spiro atoms. The van der Waals surface area contributed by atoms with Crippen molar-refractivity contribution in [3.8, 4) is 11.5 Å². The Morgan fingerprint density at radius 2 is 1.65 bits per heavy atom. The molecule has 34 heavy (non-hydrogen) atoms. The number of benzene rings is 2. The summed E-state index contributed by atoms with van der Waals surface area (Å²) >= 11 is 12.4. The van der Waals surface area contributed by atoms with Crippen LogP contribution in [0.1, 0.15) is 36.5 Å². The minimum Gasteiger partial charge on any atom is -0.493 e. The van der Waals surface area contributed by atoms with Crippen molar-refractivity contribution in [3.05, 3.63) is 51.0 Å². The summed E-state index contributed by atoms with van der Waals surface area (Å²) in [5.74, 6) is 1.54. The van der Waals surface area contributed by atoms with Crippen LogP contribution in [0.15, 0.2) is 24.3 Å².